The van der Waals surface area contributed by atoms with Crippen molar-refractivity contribution >= 4 is 12.4 Å². The van der Waals surface area contributed by atoms with Gasteiger partial charge in [0, 0.05) is 24.8 Å². The van der Waals surface area contributed by atoms with Gasteiger partial charge in [0.25, 0.3) is 0 Å². The van der Waals surface area contributed by atoms with Gasteiger partial charge >= 0.3 is 0 Å². The van der Waals surface area contributed by atoms with E-state index in [1.165, 1.54) is 11.1 Å². The SMILES string of the molecule is C(=NCc1ccc(CN=Cc2ccccn2)cc1)c1ccccn1. The topological polar surface area (TPSA) is 50.5 Å². The number of pyridine rings is 2. The number of hydrogen-bond donors (Lipinski definition) is 0. The lowest BCUT2D eigenvalue weighted by Gasteiger charge is -2.00. The van der Waals surface area contributed by atoms with Crippen molar-refractivity contribution < 1.29 is 0 Å². The first-order valence-electron chi connectivity index (χ1n) is 7.80. The third-order valence-corrected chi connectivity index (χ3v) is 3.39. The Hall–Kier alpha value is -3.14. The number of aromatic nitrogens is 2. The van der Waals surface area contributed by atoms with Crippen LogP contribution in [0.5, 0.6) is 0 Å². The monoisotopic (exact) mass is 314 g/mol. The summed E-state index contributed by atoms with van der Waals surface area (Å²) >= 11 is 0. The van der Waals surface area contributed by atoms with Crippen molar-refractivity contribution in [1.29, 1.82) is 0 Å². The molecule has 0 aliphatic heterocycles. The fourth-order valence-corrected chi connectivity index (χ4v) is 2.14. The number of aliphatic imine (C=N–C) groups is 2. The minimum atomic E-state index is 0.647. The highest BCUT2D eigenvalue weighted by Crippen LogP contribution is 2.07. The summed E-state index contributed by atoms with van der Waals surface area (Å²) in [5.41, 5.74) is 4.08. The fraction of sp³-hybridized carbons (Fsp3) is 0.100. The third-order valence-electron chi connectivity index (χ3n) is 3.39. The molecule has 0 aliphatic rings. The minimum Gasteiger partial charge on any atom is -0.286 e. The Morgan fingerprint density at radius 3 is 1.46 bits per heavy atom. The van der Waals surface area contributed by atoms with Gasteiger partial charge in [0.1, 0.15) is 0 Å². The molecule has 0 radical (unpaired) electrons. The lowest BCUT2D eigenvalue weighted by molar-refractivity contribution is 1.04. The summed E-state index contributed by atoms with van der Waals surface area (Å²) < 4.78 is 0. The number of benzene rings is 1. The number of nitrogens with zero attached hydrogens (tertiary/aromatic N) is 4. The molecule has 0 saturated carbocycles. The van der Waals surface area contributed by atoms with Gasteiger partial charge in [-0.1, -0.05) is 36.4 Å². The molecule has 0 amide bonds. The molecule has 24 heavy (non-hydrogen) atoms. The molecule has 2 heterocycles. The van der Waals surface area contributed by atoms with E-state index in [0.717, 1.165) is 11.4 Å². The molecular formula is C20H18N4. The molecule has 118 valence electrons. The highest BCUT2D eigenvalue weighted by Gasteiger charge is 1.94. The molecule has 0 bridgehead atoms. The Kier molecular flexibility index (Phi) is 5.56. The van der Waals surface area contributed by atoms with Gasteiger partial charge in [-0.05, 0) is 35.4 Å². The van der Waals surface area contributed by atoms with Crippen molar-refractivity contribution in [3.63, 3.8) is 0 Å². The predicted molar refractivity (Wildman–Crippen MR) is 97.5 cm³/mol. The number of rotatable bonds is 6. The quantitative estimate of drug-likeness (QED) is 0.651. The highest BCUT2D eigenvalue weighted by atomic mass is 14.8. The Morgan fingerprint density at radius 1 is 0.625 bits per heavy atom. The highest BCUT2D eigenvalue weighted by molar-refractivity contribution is 5.77. The first kappa shape index (κ1) is 15.7. The van der Waals surface area contributed by atoms with Gasteiger partial charge in [-0.15, -0.1) is 0 Å². The van der Waals surface area contributed by atoms with Crippen LogP contribution in [0.1, 0.15) is 22.5 Å². The molecule has 0 N–H and O–H groups in total. The van der Waals surface area contributed by atoms with Gasteiger partial charge in [-0.25, -0.2) is 0 Å². The smallest absolute Gasteiger partial charge is 0.0807 e. The predicted octanol–water partition coefficient (Wildman–Crippen LogP) is 3.71. The molecule has 0 saturated heterocycles. The van der Waals surface area contributed by atoms with Crippen molar-refractivity contribution in [3.05, 3.63) is 95.6 Å². The summed E-state index contributed by atoms with van der Waals surface area (Å²) in [4.78, 5) is 17.3. The first-order valence-corrected chi connectivity index (χ1v) is 7.80. The average molecular weight is 314 g/mol. The molecule has 0 spiro atoms. The summed E-state index contributed by atoms with van der Waals surface area (Å²) in [6.07, 6.45) is 7.12. The molecule has 0 aliphatic carbocycles. The maximum absolute atomic E-state index is 4.42. The minimum absolute atomic E-state index is 0.647. The van der Waals surface area contributed by atoms with Crippen molar-refractivity contribution in [2.24, 2.45) is 9.98 Å². The zero-order valence-electron chi connectivity index (χ0n) is 13.3. The molecular weight excluding hydrogens is 296 g/mol. The molecule has 3 rings (SSSR count). The van der Waals surface area contributed by atoms with E-state index >= 15 is 0 Å². The maximum atomic E-state index is 4.42. The maximum Gasteiger partial charge on any atom is 0.0807 e. The summed E-state index contributed by atoms with van der Waals surface area (Å²) in [7, 11) is 0. The molecule has 1 aromatic carbocycles. The van der Waals surface area contributed by atoms with E-state index in [-0.39, 0.29) is 0 Å². The summed E-state index contributed by atoms with van der Waals surface area (Å²) in [5.74, 6) is 0. The molecule has 2 aromatic heterocycles. The Labute approximate surface area is 141 Å². The van der Waals surface area contributed by atoms with Crippen LogP contribution in [0.2, 0.25) is 0 Å². The van der Waals surface area contributed by atoms with E-state index in [2.05, 4.69) is 44.2 Å². The lowest BCUT2D eigenvalue weighted by atomic mass is 10.1. The lowest BCUT2D eigenvalue weighted by Crippen LogP contribution is -1.89. The van der Waals surface area contributed by atoms with Gasteiger partial charge in [0.05, 0.1) is 24.5 Å². The van der Waals surface area contributed by atoms with Crippen LogP contribution >= 0.6 is 0 Å². The second kappa shape index (κ2) is 8.48. The van der Waals surface area contributed by atoms with E-state index in [0.29, 0.717) is 13.1 Å². The van der Waals surface area contributed by atoms with Crippen molar-refractivity contribution in [1.82, 2.24) is 9.97 Å². The van der Waals surface area contributed by atoms with Crippen LogP contribution in [0.25, 0.3) is 0 Å². The van der Waals surface area contributed by atoms with E-state index < -0.39 is 0 Å². The van der Waals surface area contributed by atoms with Crippen molar-refractivity contribution in [3.8, 4) is 0 Å². The van der Waals surface area contributed by atoms with Crippen molar-refractivity contribution in [2.75, 3.05) is 0 Å². The van der Waals surface area contributed by atoms with E-state index in [1.807, 2.05) is 36.4 Å². The second-order valence-corrected chi connectivity index (χ2v) is 5.27. The summed E-state index contributed by atoms with van der Waals surface area (Å²) in [6.45, 7) is 1.29. The van der Waals surface area contributed by atoms with Gasteiger partial charge in [0.15, 0.2) is 0 Å². The normalized spacial score (nSPS) is 11.3. The standard InChI is InChI=1S/C20H18N4/c1-3-11-23-19(5-1)15-21-13-17-7-9-18(10-8-17)14-22-16-20-6-2-4-12-24-20/h1-12,15-16H,13-14H2. The Bertz CT molecular complexity index is 724. The largest absolute Gasteiger partial charge is 0.286 e. The van der Waals surface area contributed by atoms with Crippen LogP contribution < -0.4 is 0 Å². The van der Waals surface area contributed by atoms with E-state index in [1.54, 1.807) is 24.8 Å². The van der Waals surface area contributed by atoms with Gasteiger partial charge < -0.3 is 0 Å². The van der Waals surface area contributed by atoms with Crippen LogP contribution in [0.3, 0.4) is 0 Å². The van der Waals surface area contributed by atoms with Crippen LogP contribution in [0.15, 0.2) is 83.0 Å². The van der Waals surface area contributed by atoms with Gasteiger partial charge in [-0.2, -0.15) is 0 Å². The summed E-state index contributed by atoms with van der Waals surface area (Å²) in [5, 5.41) is 0. The third kappa shape index (κ3) is 4.95. The van der Waals surface area contributed by atoms with E-state index in [9.17, 15) is 0 Å². The zero-order chi connectivity index (χ0) is 16.5. The fourth-order valence-electron chi connectivity index (χ4n) is 2.14. The first-order chi connectivity index (χ1) is 11.9. The summed E-state index contributed by atoms with van der Waals surface area (Å²) in [6, 6.07) is 19.9. The van der Waals surface area contributed by atoms with Crippen LogP contribution in [-0.2, 0) is 13.1 Å². The van der Waals surface area contributed by atoms with Gasteiger partial charge in [0.2, 0.25) is 0 Å². The molecule has 4 heteroatoms. The van der Waals surface area contributed by atoms with Crippen molar-refractivity contribution in [2.45, 2.75) is 13.1 Å². The van der Waals surface area contributed by atoms with Crippen LogP contribution in [-0.4, -0.2) is 22.4 Å². The Balaban J connectivity index is 1.52. The van der Waals surface area contributed by atoms with Crippen LogP contribution in [0, 0.1) is 0 Å². The molecule has 4 nitrogen and oxygen atoms in total. The molecule has 0 atom stereocenters. The van der Waals surface area contributed by atoms with Crippen LogP contribution in [0.4, 0.5) is 0 Å². The van der Waals surface area contributed by atoms with E-state index in [4.69, 9.17) is 0 Å². The molecule has 0 fully saturated rings. The second-order valence-electron chi connectivity index (χ2n) is 5.27. The average Bonchev–Trinajstić information content (AvgIpc) is 2.65. The molecule has 3 aromatic rings. The van der Waals surface area contributed by atoms with Gasteiger partial charge in [-0.3, -0.25) is 20.0 Å². The number of hydrogen-bond acceptors (Lipinski definition) is 4. The Morgan fingerprint density at radius 2 is 1.08 bits per heavy atom. The molecule has 0 unspecified atom stereocenters. The zero-order valence-corrected chi connectivity index (χ0v) is 13.3.